The zero-order chi connectivity index (χ0) is 13.5. The molecule has 3 nitrogen and oxygen atoms in total. The number of carbonyl (C=O) groups excluding carboxylic acids is 1. The zero-order valence-electron chi connectivity index (χ0n) is 11.2. The van der Waals surface area contributed by atoms with Gasteiger partial charge in [-0.15, -0.1) is 6.42 Å². The van der Waals surface area contributed by atoms with Crippen LogP contribution in [0, 0.1) is 19.3 Å². The van der Waals surface area contributed by atoms with E-state index in [9.17, 15) is 4.79 Å². The van der Waals surface area contributed by atoms with Crippen LogP contribution in [0.4, 0.5) is 0 Å². The summed E-state index contributed by atoms with van der Waals surface area (Å²) in [5.74, 6) is 2.31. The topological polar surface area (TPSA) is 41.1 Å². The molecule has 1 aromatic rings. The van der Waals surface area contributed by atoms with Gasteiger partial charge in [-0.3, -0.25) is 10.1 Å². The molecule has 0 spiro atoms. The van der Waals surface area contributed by atoms with Crippen molar-refractivity contribution >= 4 is 5.91 Å². The molecule has 3 heteroatoms. The number of rotatable bonds is 5. The van der Waals surface area contributed by atoms with Crippen molar-refractivity contribution < 1.29 is 4.79 Å². The van der Waals surface area contributed by atoms with Crippen molar-refractivity contribution in [1.29, 1.82) is 0 Å². The molecule has 0 radical (unpaired) electrons. The summed E-state index contributed by atoms with van der Waals surface area (Å²) in [6.07, 6.45) is 5.10. The van der Waals surface area contributed by atoms with Crippen LogP contribution in [0.3, 0.4) is 0 Å². The van der Waals surface area contributed by atoms with E-state index in [2.05, 4.69) is 47.7 Å². The number of carbonyl (C=O) groups is 1. The number of hydrogen-bond acceptors (Lipinski definition) is 2. The average molecular weight is 244 g/mol. The van der Waals surface area contributed by atoms with Gasteiger partial charge in [0.1, 0.15) is 0 Å². The van der Waals surface area contributed by atoms with Crippen LogP contribution < -0.4 is 10.6 Å². The number of nitrogens with one attached hydrogen (secondary N) is 2. The van der Waals surface area contributed by atoms with Crippen molar-refractivity contribution in [1.82, 2.24) is 10.6 Å². The van der Waals surface area contributed by atoms with E-state index < -0.39 is 0 Å². The van der Waals surface area contributed by atoms with Crippen LogP contribution in [0.1, 0.15) is 31.0 Å². The summed E-state index contributed by atoms with van der Waals surface area (Å²) < 4.78 is 0. The zero-order valence-corrected chi connectivity index (χ0v) is 11.2. The van der Waals surface area contributed by atoms with Gasteiger partial charge in [0.2, 0.25) is 5.91 Å². The first-order chi connectivity index (χ1) is 8.54. The maximum atomic E-state index is 11.7. The highest BCUT2D eigenvalue weighted by atomic mass is 16.2. The first-order valence-corrected chi connectivity index (χ1v) is 6.08. The molecular formula is C15H20N2O. The standard InChI is InChI=1S/C15H20N2O/c1-5-10-16-15(18)13(4)17-12(3)14-8-6-11(2)7-9-14/h1,6-9,12-13,17H,10H2,2-4H3,(H,16,18). The van der Waals surface area contributed by atoms with Crippen molar-refractivity contribution in [2.75, 3.05) is 6.54 Å². The summed E-state index contributed by atoms with van der Waals surface area (Å²) in [5, 5.41) is 5.90. The molecule has 0 aliphatic carbocycles. The second-order valence-electron chi connectivity index (χ2n) is 4.44. The van der Waals surface area contributed by atoms with E-state index >= 15 is 0 Å². The largest absolute Gasteiger partial charge is 0.344 e. The Morgan fingerprint density at radius 3 is 2.50 bits per heavy atom. The summed E-state index contributed by atoms with van der Waals surface area (Å²) in [7, 11) is 0. The Hall–Kier alpha value is -1.79. The second-order valence-corrected chi connectivity index (χ2v) is 4.44. The van der Waals surface area contributed by atoms with E-state index in [-0.39, 0.29) is 24.5 Å². The lowest BCUT2D eigenvalue weighted by Gasteiger charge is -2.19. The predicted octanol–water partition coefficient (Wildman–Crippen LogP) is 1.78. The third-order valence-corrected chi connectivity index (χ3v) is 2.84. The first-order valence-electron chi connectivity index (χ1n) is 6.08. The van der Waals surface area contributed by atoms with Gasteiger partial charge in [0, 0.05) is 6.04 Å². The minimum absolute atomic E-state index is 0.0769. The monoisotopic (exact) mass is 244 g/mol. The van der Waals surface area contributed by atoms with Crippen LogP contribution in [0.15, 0.2) is 24.3 Å². The van der Waals surface area contributed by atoms with E-state index in [0.29, 0.717) is 0 Å². The third-order valence-electron chi connectivity index (χ3n) is 2.84. The highest BCUT2D eigenvalue weighted by molar-refractivity contribution is 5.81. The Kier molecular flexibility index (Phi) is 5.41. The highest BCUT2D eigenvalue weighted by Crippen LogP contribution is 2.13. The molecular weight excluding hydrogens is 224 g/mol. The van der Waals surface area contributed by atoms with E-state index in [1.807, 2.05) is 13.8 Å². The Morgan fingerprint density at radius 2 is 1.94 bits per heavy atom. The molecule has 0 fully saturated rings. The summed E-state index contributed by atoms with van der Waals surface area (Å²) in [4.78, 5) is 11.7. The van der Waals surface area contributed by atoms with E-state index in [1.165, 1.54) is 5.56 Å². The Morgan fingerprint density at radius 1 is 1.33 bits per heavy atom. The molecule has 2 unspecified atom stereocenters. The van der Waals surface area contributed by atoms with Crippen molar-refractivity contribution in [2.45, 2.75) is 32.9 Å². The molecule has 18 heavy (non-hydrogen) atoms. The van der Waals surface area contributed by atoms with Gasteiger partial charge in [0.15, 0.2) is 0 Å². The lowest BCUT2D eigenvalue weighted by Crippen LogP contribution is -2.43. The van der Waals surface area contributed by atoms with Gasteiger partial charge in [-0.25, -0.2) is 0 Å². The fraction of sp³-hybridized carbons (Fsp3) is 0.400. The van der Waals surface area contributed by atoms with Crippen molar-refractivity contribution in [3.05, 3.63) is 35.4 Å². The Bertz CT molecular complexity index is 431. The summed E-state index contributed by atoms with van der Waals surface area (Å²) in [6, 6.07) is 8.12. The summed E-state index contributed by atoms with van der Waals surface area (Å²) in [5.41, 5.74) is 2.39. The quantitative estimate of drug-likeness (QED) is 0.775. The van der Waals surface area contributed by atoms with E-state index in [1.54, 1.807) is 0 Å². The van der Waals surface area contributed by atoms with Crippen molar-refractivity contribution in [2.24, 2.45) is 0 Å². The van der Waals surface area contributed by atoms with Crippen LogP contribution in [-0.4, -0.2) is 18.5 Å². The predicted molar refractivity (Wildman–Crippen MR) is 74.0 cm³/mol. The average Bonchev–Trinajstić information content (AvgIpc) is 2.36. The fourth-order valence-electron chi connectivity index (χ4n) is 1.69. The normalized spacial score (nSPS) is 13.4. The minimum Gasteiger partial charge on any atom is -0.344 e. The van der Waals surface area contributed by atoms with Crippen molar-refractivity contribution in [3.63, 3.8) is 0 Å². The van der Waals surface area contributed by atoms with Crippen molar-refractivity contribution in [3.8, 4) is 12.3 Å². The molecule has 0 bridgehead atoms. The number of benzene rings is 1. The van der Waals surface area contributed by atoms with Crippen LogP contribution in [0.25, 0.3) is 0 Å². The number of aryl methyl sites for hydroxylation is 1. The molecule has 0 heterocycles. The molecule has 1 amide bonds. The maximum absolute atomic E-state index is 11.7. The molecule has 0 saturated carbocycles. The van der Waals surface area contributed by atoms with Crippen LogP contribution in [0.2, 0.25) is 0 Å². The second kappa shape index (κ2) is 6.83. The maximum Gasteiger partial charge on any atom is 0.237 e. The van der Waals surface area contributed by atoms with Gasteiger partial charge in [-0.1, -0.05) is 35.7 Å². The fourth-order valence-corrected chi connectivity index (χ4v) is 1.69. The summed E-state index contributed by atoms with van der Waals surface area (Å²) >= 11 is 0. The molecule has 0 aromatic heterocycles. The molecule has 96 valence electrons. The van der Waals surface area contributed by atoms with Gasteiger partial charge in [0.05, 0.1) is 12.6 Å². The lowest BCUT2D eigenvalue weighted by atomic mass is 10.1. The van der Waals surface area contributed by atoms with Gasteiger partial charge in [-0.2, -0.15) is 0 Å². The SMILES string of the molecule is C#CCNC(=O)C(C)NC(C)c1ccc(C)cc1. The summed E-state index contributed by atoms with van der Waals surface area (Å²) in [6.45, 7) is 6.19. The lowest BCUT2D eigenvalue weighted by molar-refractivity contribution is -0.122. The number of amides is 1. The molecule has 1 rings (SSSR count). The molecule has 0 aliphatic heterocycles. The first kappa shape index (κ1) is 14.3. The minimum atomic E-state index is -0.269. The van der Waals surface area contributed by atoms with Gasteiger partial charge >= 0.3 is 0 Å². The van der Waals surface area contributed by atoms with Gasteiger partial charge < -0.3 is 5.32 Å². The third kappa shape index (κ3) is 4.23. The van der Waals surface area contributed by atoms with Gasteiger partial charge in [-0.05, 0) is 26.3 Å². The highest BCUT2D eigenvalue weighted by Gasteiger charge is 2.15. The van der Waals surface area contributed by atoms with E-state index in [0.717, 1.165) is 5.56 Å². The van der Waals surface area contributed by atoms with Crippen LogP contribution >= 0.6 is 0 Å². The smallest absolute Gasteiger partial charge is 0.237 e. The molecule has 2 N–H and O–H groups in total. The molecule has 0 saturated heterocycles. The van der Waals surface area contributed by atoms with Crippen LogP contribution in [0.5, 0.6) is 0 Å². The Labute approximate surface area is 109 Å². The Balaban J connectivity index is 2.54. The number of hydrogen-bond donors (Lipinski definition) is 2. The molecule has 1 aromatic carbocycles. The molecule has 2 atom stereocenters. The van der Waals surface area contributed by atoms with E-state index in [4.69, 9.17) is 6.42 Å². The van der Waals surface area contributed by atoms with Gasteiger partial charge in [0.25, 0.3) is 0 Å². The molecule has 0 aliphatic rings. The van der Waals surface area contributed by atoms with Crippen LogP contribution in [-0.2, 0) is 4.79 Å². The number of terminal acetylenes is 1.